The number of para-hydroxylation sites is 2. The summed E-state index contributed by atoms with van der Waals surface area (Å²) in [5.41, 5.74) is 1.60. The minimum absolute atomic E-state index is 0.137. The SMILES string of the molecule is COc1ccc(OCC(=O)Nc2ccc(C(=O)Nc3ccccc3OC)cc2)cc1. The topological polar surface area (TPSA) is 85.9 Å². The van der Waals surface area contributed by atoms with Crippen LogP contribution in [0.15, 0.2) is 72.8 Å². The molecule has 3 rings (SSSR count). The largest absolute Gasteiger partial charge is 0.497 e. The molecule has 154 valence electrons. The quantitative estimate of drug-likeness (QED) is 0.591. The van der Waals surface area contributed by atoms with Crippen molar-refractivity contribution in [3.8, 4) is 17.2 Å². The highest BCUT2D eigenvalue weighted by Crippen LogP contribution is 2.24. The summed E-state index contributed by atoms with van der Waals surface area (Å²) in [5.74, 6) is 1.26. The van der Waals surface area contributed by atoms with Gasteiger partial charge in [-0.2, -0.15) is 0 Å². The Morgan fingerprint density at radius 2 is 1.43 bits per heavy atom. The van der Waals surface area contributed by atoms with E-state index in [2.05, 4.69) is 10.6 Å². The molecule has 0 spiro atoms. The number of nitrogens with one attached hydrogen (secondary N) is 2. The second-order valence-corrected chi connectivity index (χ2v) is 6.24. The van der Waals surface area contributed by atoms with Crippen LogP contribution in [0.3, 0.4) is 0 Å². The van der Waals surface area contributed by atoms with E-state index in [1.165, 1.54) is 0 Å². The molecule has 0 atom stereocenters. The van der Waals surface area contributed by atoms with E-state index in [-0.39, 0.29) is 18.4 Å². The van der Waals surface area contributed by atoms with E-state index in [1.54, 1.807) is 74.9 Å². The van der Waals surface area contributed by atoms with E-state index < -0.39 is 0 Å². The summed E-state index contributed by atoms with van der Waals surface area (Å²) >= 11 is 0. The number of benzene rings is 3. The average Bonchev–Trinajstić information content (AvgIpc) is 2.79. The van der Waals surface area contributed by atoms with E-state index >= 15 is 0 Å². The molecule has 2 amide bonds. The second-order valence-electron chi connectivity index (χ2n) is 6.24. The fourth-order valence-electron chi connectivity index (χ4n) is 2.67. The standard InChI is InChI=1S/C23H22N2O5/c1-28-18-11-13-19(14-12-18)30-15-22(26)24-17-9-7-16(8-10-17)23(27)25-20-5-3-4-6-21(20)29-2/h3-14H,15H2,1-2H3,(H,24,26)(H,25,27). The highest BCUT2D eigenvalue weighted by molar-refractivity contribution is 6.05. The van der Waals surface area contributed by atoms with Gasteiger partial charge in [0.1, 0.15) is 17.2 Å². The minimum atomic E-state index is -0.308. The molecule has 0 aliphatic heterocycles. The molecule has 0 aromatic heterocycles. The summed E-state index contributed by atoms with van der Waals surface area (Å²) in [6.07, 6.45) is 0. The highest BCUT2D eigenvalue weighted by atomic mass is 16.5. The van der Waals surface area contributed by atoms with Crippen molar-refractivity contribution in [1.82, 2.24) is 0 Å². The van der Waals surface area contributed by atoms with Gasteiger partial charge in [0.2, 0.25) is 0 Å². The lowest BCUT2D eigenvalue weighted by Gasteiger charge is -2.11. The van der Waals surface area contributed by atoms with E-state index in [9.17, 15) is 9.59 Å². The van der Waals surface area contributed by atoms with E-state index in [0.717, 1.165) is 0 Å². The Bertz CT molecular complexity index is 1000. The first kappa shape index (κ1) is 20.7. The number of hydrogen-bond donors (Lipinski definition) is 2. The van der Waals surface area contributed by atoms with Crippen LogP contribution < -0.4 is 24.8 Å². The zero-order chi connectivity index (χ0) is 21.3. The third-order valence-electron chi connectivity index (χ3n) is 4.22. The van der Waals surface area contributed by atoms with Gasteiger partial charge in [0.05, 0.1) is 19.9 Å². The van der Waals surface area contributed by atoms with Crippen molar-refractivity contribution in [2.75, 3.05) is 31.5 Å². The van der Waals surface area contributed by atoms with Crippen LogP contribution in [0.2, 0.25) is 0 Å². The molecular formula is C23H22N2O5. The number of carbonyl (C=O) groups excluding carboxylic acids is 2. The maximum Gasteiger partial charge on any atom is 0.262 e. The fraction of sp³-hybridized carbons (Fsp3) is 0.130. The second kappa shape index (κ2) is 9.97. The molecule has 0 heterocycles. The number of amides is 2. The highest BCUT2D eigenvalue weighted by Gasteiger charge is 2.10. The van der Waals surface area contributed by atoms with Crippen molar-refractivity contribution in [2.24, 2.45) is 0 Å². The Labute approximate surface area is 174 Å². The van der Waals surface area contributed by atoms with Crippen molar-refractivity contribution in [3.05, 3.63) is 78.4 Å². The van der Waals surface area contributed by atoms with Crippen LogP contribution in [0.25, 0.3) is 0 Å². The Balaban J connectivity index is 1.53. The Morgan fingerprint density at radius 3 is 2.10 bits per heavy atom. The van der Waals surface area contributed by atoms with E-state index in [0.29, 0.717) is 34.2 Å². The molecule has 0 fully saturated rings. The first-order valence-electron chi connectivity index (χ1n) is 9.20. The lowest BCUT2D eigenvalue weighted by Crippen LogP contribution is -2.20. The lowest BCUT2D eigenvalue weighted by atomic mass is 10.2. The van der Waals surface area contributed by atoms with E-state index in [1.807, 2.05) is 12.1 Å². The Kier molecular flexibility index (Phi) is 6.89. The van der Waals surface area contributed by atoms with Crippen LogP contribution in [0.1, 0.15) is 10.4 Å². The van der Waals surface area contributed by atoms with Gasteiger partial charge in [0, 0.05) is 11.3 Å². The van der Waals surface area contributed by atoms with Gasteiger partial charge in [-0.05, 0) is 60.7 Å². The molecule has 0 saturated heterocycles. The molecule has 0 aliphatic rings. The van der Waals surface area contributed by atoms with Gasteiger partial charge in [0.25, 0.3) is 11.8 Å². The number of ether oxygens (including phenoxy) is 3. The zero-order valence-corrected chi connectivity index (χ0v) is 16.7. The number of methoxy groups -OCH3 is 2. The van der Waals surface area contributed by atoms with Crippen molar-refractivity contribution in [2.45, 2.75) is 0 Å². The third-order valence-corrected chi connectivity index (χ3v) is 4.22. The molecule has 0 unspecified atom stereocenters. The van der Waals surface area contributed by atoms with Crippen LogP contribution in [0.5, 0.6) is 17.2 Å². The molecule has 3 aromatic carbocycles. The van der Waals surface area contributed by atoms with Crippen LogP contribution in [0.4, 0.5) is 11.4 Å². The van der Waals surface area contributed by atoms with Gasteiger partial charge in [-0.3, -0.25) is 9.59 Å². The Morgan fingerprint density at radius 1 is 0.767 bits per heavy atom. The van der Waals surface area contributed by atoms with Crippen molar-refractivity contribution < 1.29 is 23.8 Å². The predicted molar refractivity (Wildman–Crippen MR) is 115 cm³/mol. The fourth-order valence-corrected chi connectivity index (χ4v) is 2.67. The monoisotopic (exact) mass is 406 g/mol. The van der Waals surface area contributed by atoms with Gasteiger partial charge in [0.15, 0.2) is 6.61 Å². The molecule has 7 heteroatoms. The maximum absolute atomic E-state index is 12.4. The normalized spacial score (nSPS) is 10.1. The van der Waals surface area contributed by atoms with Gasteiger partial charge < -0.3 is 24.8 Å². The third kappa shape index (κ3) is 5.51. The maximum atomic E-state index is 12.4. The number of carbonyl (C=O) groups is 2. The molecule has 0 radical (unpaired) electrons. The smallest absolute Gasteiger partial charge is 0.262 e. The van der Waals surface area contributed by atoms with Gasteiger partial charge >= 0.3 is 0 Å². The van der Waals surface area contributed by atoms with Crippen LogP contribution in [0, 0.1) is 0 Å². The summed E-state index contributed by atoms with van der Waals surface area (Å²) in [7, 11) is 3.12. The van der Waals surface area contributed by atoms with Gasteiger partial charge in [-0.15, -0.1) is 0 Å². The van der Waals surface area contributed by atoms with Crippen LogP contribution >= 0.6 is 0 Å². The molecule has 7 nitrogen and oxygen atoms in total. The first-order valence-corrected chi connectivity index (χ1v) is 9.20. The molecule has 0 saturated carbocycles. The van der Waals surface area contributed by atoms with Crippen LogP contribution in [-0.2, 0) is 4.79 Å². The average molecular weight is 406 g/mol. The number of hydrogen-bond acceptors (Lipinski definition) is 5. The number of rotatable bonds is 8. The minimum Gasteiger partial charge on any atom is -0.497 e. The van der Waals surface area contributed by atoms with Crippen molar-refractivity contribution in [3.63, 3.8) is 0 Å². The van der Waals surface area contributed by atoms with Crippen molar-refractivity contribution in [1.29, 1.82) is 0 Å². The summed E-state index contributed by atoms with van der Waals surface area (Å²) in [6.45, 7) is -0.137. The van der Waals surface area contributed by atoms with Gasteiger partial charge in [-0.1, -0.05) is 12.1 Å². The lowest BCUT2D eigenvalue weighted by molar-refractivity contribution is -0.118. The molecule has 0 aliphatic carbocycles. The molecule has 3 aromatic rings. The van der Waals surface area contributed by atoms with Crippen molar-refractivity contribution >= 4 is 23.2 Å². The zero-order valence-electron chi connectivity index (χ0n) is 16.7. The molecule has 30 heavy (non-hydrogen) atoms. The summed E-state index contributed by atoms with van der Waals surface area (Å²) in [4.78, 5) is 24.5. The summed E-state index contributed by atoms with van der Waals surface area (Å²) in [5, 5.41) is 5.53. The van der Waals surface area contributed by atoms with Gasteiger partial charge in [-0.25, -0.2) is 0 Å². The molecule has 2 N–H and O–H groups in total. The molecular weight excluding hydrogens is 384 g/mol. The Hall–Kier alpha value is -4.00. The first-order chi connectivity index (χ1) is 14.6. The summed E-state index contributed by atoms with van der Waals surface area (Å²) < 4.78 is 15.8. The number of anilines is 2. The summed E-state index contributed by atoms with van der Waals surface area (Å²) in [6, 6.07) is 20.7. The van der Waals surface area contributed by atoms with Crippen LogP contribution in [-0.4, -0.2) is 32.6 Å². The predicted octanol–water partition coefficient (Wildman–Crippen LogP) is 3.97. The van der Waals surface area contributed by atoms with E-state index in [4.69, 9.17) is 14.2 Å². The molecule has 0 bridgehead atoms.